The third-order valence-corrected chi connectivity index (χ3v) is 6.80. The Morgan fingerprint density at radius 2 is 1.77 bits per heavy atom. The summed E-state index contributed by atoms with van der Waals surface area (Å²) >= 11 is 0. The number of hydrogen-bond donors (Lipinski definition) is 2. The van der Waals surface area contributed by atoms with Crippen LogP contribution in [0.4, 0.5) is 0 Å². The minimum absolute atomic E-state index is 0.192. The van der Waals surface area contributed by atoms with Crippen LogP contribution < -0.4 is 10.0 Å². The second kappa shape index (κ2) is 8.50. The van der Waals surface area contributed by atoms with Crippen molar-refractivity contribution < 1.29 is 13.2 Å². The van der Waals surface area contributed by atoms with Crippen LogP contribution in [0.1, 0.15) is 37.7 Å². The molecule has 0 radical (unpaired) electrons. The predicted molar refractivity (Wildman–Crippen MR) is 101 cm³/mol. The van der Waals surface area contributed by atoms with Crippen molar-refractivity contribution in [3.63, 3.8) is 0 Å². The summed E-state index contributed by atoms with van der Waals surface area (Å²) in [5.41, 5.74) is 0.981. The summed E-state index contributed by atoms with van der Waals surface area (Å²) in [5.74, 6) is 1.08. The van der Waals surface area contributed by atoms with E-state index in [1.54, 1.807) is 24.3 Å². The van der Waals surface area contributed by atoms with Crippen LogP contribution >= 0.6 is 0 Å². The maximum atomic E-state index is 12.4. The Morgan fingerprint density at radius 3 is 2.35 bits per heavy atom. The smallest absolute Gasteiger partial charge is 0.240 e. The monoisotopic (exact) mass is 379 g/mol. The Kier molecular flexibility index (Phi) is 6.32. The SMILES string of the molecule is CNS(=O)(=O)c1ccc(CCC(=O)N2CCC(NCC3CC3)CC2)cc1. The van der Waals surface area contributed by atoms with Gasteiger partial charge < -0.3 is 10.2 Å². The van der Waals surface area contributed by atoms with Crippen LogP contribution in [0.5, 0.6) is 0 Å². The highest BCUT2D eigenvalue weighted by molar-refractivity contribution is 7.89. The van der Waals surface area contributed by atoms with Gasteiger partial charge in [-0.3, -0.25) is 4.79 Å². The van der Waals surface area contributed by atoms with Gasteiger partial charge >= 0.3 is 0 Å². The topological polar surface area (TPSA) is 78.5 Å². The summed E-state index contributed by atoms with van der Waals surface area (Å²) in [6.45, 7) is 2.80. The van der Waals surface area contributed by atoms with Gasteiger partial charge in [0.05, 0.1) is 4.90 Å². The molecule has 1 heterocycles. The summed E-state index contributed by atoms with van der Waals surface area (Å²) in [5, 5.41) is 3.63. The van der Waals surface area contributed by atoms with E-state index in [4.69, 9.17) is 0 Å². The summed E-state index contributed by atoms with van der Waals surface area (Å²) < 4.78 is 25.7. The summed E-state index contributed by atoms with van der Waals surface area (Å²) in [4.78, 5) is 14.6. The van der Waals surface area contributed by atoms with Crippen LogP contribution in [0.15, 0.2) is 29.2 Å². The highest BCUT2D eigenvalue weighted by atomic mass is 32.2. The van der Waals surface area contributed by atoms with Crippen LogP contribution in [0.2, 0.25) is 0 Å². The van der Waals surface area contributed by atoms with E-state index in [1.165, 1.54) is 19.9 Å². The molecule has 1 aromatic rings. The number of carbonyl (C=O) groups is 1. The third-order valence-electron chi connectivity index (χ3n) is 5.37. The molecule has 1 aliphatic heterocycles. The van der Waals surface area contributed by atoms with Gasteiger partial charge in [-0.2, -0.15) is 0 Å². The molecule has 0 aromatic heterocycles. The largest absolute Gasteiger partial charge is 0.343 e. The molecule has 0 unspecified atom stereocenters. The van der Waals surface area contributed by atoms with Crippen LogP contribution in [-0.4, -0.2) is 51.9 Å². The Morgan fingerprint density at radius 1 is 1.12 bits per heavy atom. The van der Waals surface area contributed by atoms with Crippen molar-refractivity contribution in [2.45, 2.75) is 49.5 Å². The lowest BCUT2D eigenvalue weighted by Gasteiger charge is -2.32. The second-order valence-electron chi connectivity index (χ2n) is 7.36. The Balaban J connectivity index is 1.41. The lowest BCUT2D eigenvalue weighted by atomic mass is 10.0. The highest BCUT2D eigenvalue weighted by Gasteiger charge is 2.25. The molecule has 0 atom stereocenters. The van der Waals surface area contributed by atoms with Crippen molar-refractivity contribution in [2.75, 3.05) is 26.7 Å². The average molecular weight is 380 g/mol. The first-order valence-corrected chi connectivity index (χ1v) is 11.0. The molecule has 1 amide bonds. The first kappa shape index (κ1) is 19.3. The zero-order valence-corrected chi connectivity index (χ0v) is 16.2. The number of amides is 1. The lowest BCUT2D eigenvalue weighted by Crippen LogP contribution is -2.45. The van der Waals surface area contributed by atoms with Crippen LogP contribution in [0.25, 0.3) is 0 Å². The number of aryl methyl sites for hydroxylation is 1. The van der Waals surface area contributed by atoms with Crippen LogP contribution in [0, 0.1) is 5.92 Å². The number of rotatable bonds is 8. The fraction of sp³-hybridized carbons (Fsp3) is 0.632. The van der Waals surface area contributed by atoms with Crippen LogP contribution in [0.3, 0.4) is 0 Å². The summed E-state index contributed by atoms with van der Waals surface area (Å²) in [6, 6.07) is 7.30. The molecule has 144 valence electrons. The Labute approximate surface area is 156 Å². The first-order valence-electron chi connectivity index (χ1n) is 9.51. The van der Waals surface area contributed by atoms with Crippen molar-refractivity contribution in [1.82, 2.24) is 14.9 Å². The number of hydrogen-bond acceptors (Lipinski definition) is 4. The average Bonchev–Trinajstić information content (AvgIpc) is 3.49. The number of benzene rings is 1. The molecule has 26 heavy (non-hydrogen) atoms. The van der Waals surface area contributed by atoms with Crippen molar-refractivity contribution in [3.05, 3.63) is 29.8 Å². The highest BCUT2D eigenvalue weighted by Crippen LogP contribution is 2.28. The summed E-state index contributed by atoms with van der Waals surface area (Å²) in [7, 11) is -2.01. The van der Waals surface area contributed by atoms with Crippen molar-refractivity contribution in [3.8, 4) is 0 Å². The molecule has 3 rings (SSSR count). The molecule has 1 saturated carbocycles. The fourth-order valence-electron chi connectivity index (χ4n) is 3.35. The minimum atomic E-state index is -3.41. The minimum Gasteiger partial charge on any atom is -0.343 e. The molecule has 2 fully saturated rings. The molecule has 0 bridgehead atoms. The molecule has 2 aliphatic rings. The van der Waals surface area contributed by atoms with Gasteiger partial charge in [0.2, 0.25) is 15.9 Å². The van der Waals surface area contributed by atoms with Gasteiger partial charge in [0.15, 0.2) is 0 Å². The molecular weight excluding hydrogens is 350 g/mol. The number of piperidine rings is 1. The lowest BCUT2D eigenvalue weighted by molar-refractivity contribution is -0.132. The van der Waals surface area contributed by atoms with Crippen molar-refractivity contribution >= 4 is 15.9 Å². The molecule has 2 N–H and O–H groups in total. The van der Waals surface area contributed by atoms with E-state index in [0.29, 0.717) is 18.9 Å². The number of nitrogens with zero attached hydrogens (tertiary/aromatic N) is 1. The maximum absolute atomic E-state index is 12.4. The van der Waals surface area contributed by atoms with Crippen molar-refractivity contribution in [2.24, 2.45) is 5.92 Å². The van der Waals surface area contributed by atoms with Gasteiger partial charge in [-0.15, -0.1) is 0 Å². The van der Waals surface area contributed by atoms with E-state index in [9.17, 15) is 13.2 Å². The molecule has 1 saturated heterocycles. The number of likely N-dealkylation sites (tertiary alicyclic amines) is 1. The second-order valence-corrected chi connectivity index (χ2v) is 9.24. The number of sulfonamides is 1. The third kappa shape index (κ3) is 5.28. The number of nitrogens with one attached hydrogen (secondary N) is 2. The number of carbonyl (C=O) groups excluding carboxylic acids is 1. The van der Waals surface area contributed by atoms with E-state index in [-0.39, 0.29) is 10.8 Å². The van der Waals surface area contributed by atoms with Gasteiger partial charge in [-0.25, -0.2) is 13.1 Å². The van der Waals surface area contributed by atoms with E-state index in [0.717, 1.165) is 44.0 Å². The van der Waals surface area contributed by atoms with Gasteiger partial charge in [-0.1, -0.05) is 12.1 Å². The zero-order valence-electron chi connectivity index (χ0n) is 15.4. The molecule has 0 spiro atoms. The molecule has 7 heteroatoms. The maximum Gasteiger partial charge on any atom is 0.240 e. The molecule has 1 aromatic carbocycles. The van der Waals surface area contributed by atoms with E-state index in [2.05, 4.69) is 10.0 Å². The Hall–Kier alpha value is -1.44. The van der Waals surface area contributed by atoms with Gasteiger partial charge in [-0.05, 0) is 69.3 Å². The zero-order chi connectivity index (χ0) is 18.6. The fourth-order valence-corrected chi connectivity index (χ4v) is 4.08. The first-order chi connectivity index (χ1) is 12.5. The van der Waals surface area contributed by atoms with Crippen LogP contribution in [-0.2, 0) is 21.2 Å². The van der Waals surface area contributed by atoms with Gasteiger partial charge in [0.25, 0.3) is 0 Å². The van der Waals surface area contributed by atoms with E-state index in [1.807, 2.05) is 4.90 Å². The normalized spacial score (nSPS) is 18.9. The predicted octanol–water partition coefficient (Wildman–Crippen LogP) is 1.52. The Bertz CT molecular complexity index is 706. The quantitative estimate of drug-likeness (QED) is 0.718. The molecule has 6 nitrogen and oxygen atoms in total. The van der Waals surface area contributed by atoms with E-state index >= 15 is 0 Å². The standard InChI is InChI=1S/C19H29N3O3S/c1-20-26(24,25)18-7-4-15(5-8-18)6-9-19(23)22-12-10-17(11-13-22)21-14-16-2-3-16/h4-5,7-8,16-17,20-21H,2-3,6,9-14H2,1H3. The molecule has 1 aliphatic carbocycles. The van der Waals surface area contributed by atoms with Crippen molar-refractivity contribution in [1.29, 1.82) is 0 Å². The van der Waals surface area contributed by atoms with Gasteiger partial charge in [0.1, 0.15) is 0 Å². The van der Waals surface area contributed by atoms with E-state index < -0.39 is 10.0 Å². The molecular formula is C19H29N3O3S. The summed E-state index contributed by atoms with van der Waals surface area (Å²) in [6.07, 6.45) is 5.92. The van der Waals surface area contributed by atoms with Gasteiger partial charge in [0, 0.05) is 25.6 Å².